The SMILES string of the molecule is CCOC(=O)CCCCc1c(-c2ccccc2)nn2c(CC)ccc2c1-c1ccnc(Cl)c1. The van der Waals surface area contributed by atoms with Gasteiger partial charge in [-0.15, -0.1) is 0 Å². The highest BCUT2D eigenvalue weighted by Gasteiger charge is 2.20. The zero-order valence-electron chi connectivity index (χ0n) is 19.1. The summed E-state index contributed by atoms with van der Waals surface area (Å²) in [6.07, 6.45) is 5.44. The van der Waals surface area contributed by atoms with E-state index in [0.29, 0.717) is 18.2 Å². The van der Waals surface area contributed by atoms with E-state index in [2.05, 4.69) is 36.2 Å². The second-order valence-corrected chi connectivity index (χ2v) is 8.31. The van der Waals surface area contributed by atoms with E-state index in [0.717, 1.165) is 64.8 Å². The van der Waals surface area contributed by atoms with Crippen molar-refractivity contribution in [2.45, 2.75) is 46.0 Å². The van der Waals surface area contributed by atoms with E-state index in [1.165, 1.54) is 0 Å². The largest absolute Gasteiger partial charge is 0.466 e. The smallest absolute Gasteiger partial charge is 0.305 e. The molecule has 0 aliphatic rings. The first-order valence-corrected chi connectivity index (χ1v) is 11.9. The van der Waals surface area contributed by atoms with Gasteiger partial charge in [-0.3, -0.25) is 4.79 Å². The third-order valence-electron chi connectivity index (χ3n) is 5.77. The van der Waals surface area contributed by atoms with Gasteiger partial charge in [0.2, 0.25) is 0 Å². The Morgan fingerprint density at radius 3 is 2.58 bits per heavy atom. The number of aromatic nitrogens is 3. The molecule has 4 aromatic rings. The zero-order chi connectivity index (χ0) is 23.2. The number of carbonyl (C=O) groups excluding carboxylic acids is 1. The highest BCUT2D eigenvalue weighted by molar-refractivity contribution is 6.29. The van der Waals surface area contributed by atoms with Crippen LogP contribution >= 0.6 is 11.6 Å². The number of benzene rings is 1. The lowest BCUT2D eigenvalue weighted by Crippen LogP contribution is -2.07. The minimum Gasteiger partial charge on any atom is -0.466 e. The fraction of sp³-hybridized carbons (Fsp3) is 0.296. The molecular formula is C27H28ClN3O2. The lowest BCUT2D eigenvalue weighted by atomic mass is 9.92. The number of carbonyl (C=O) groups is 1. The number of unbranched alkanes of at least 4 members (excludes halogenated alkanes) is 1. The number of fused-ring (bicyclic) bond motifs is 1. The standard InChI is InChI=1S/C27H28ClN3O2/c1-3-21-14-15-23-26(20-16-17-29-24(28)18-20)22(12-8-9-13-25(32)33-4-2)27(30-31(21)23)19-10-6-5-7-11-19/h5-7,10-11,14-18H,3-4,8-9,12-13H2,1-2H3. The molecular weight excluding hydrogens is 434 g/mol. The van der Waals surface area contributed by atoms with E-state index < -0.39 is 0 Å². The van der Waals surface area contributed by atoms with Crippen LogP contribution in [0.1, 0.15) is 44.4 Å². The van der Waals surface area contributed by atoms with Gasteiger partial charge in [0.1, 0.15) is 5.15 Å². The van der Waals surface area contributed by atoms with E-state index in [4.69, 9.17) is 21.4 Å². The summed E-state index contributed by atoms with van der Waals surface area (Å²) < 4.78 is 7.14. The minimum atomic E-state index is -0.144. The van der Waals surface area contributed by atoms with Gasteiger partial charge < -0.3 is 4.74 Å². The lowest BCUT2D eigenvalue weighted by Gasteiger charge is -2.18. The quantitative estimate of drug-likeness (QED) is 0.161. The number of ether oxygens (including phenoxy) is 1. The molecule has 0 aliphatic carbocycles. The molecule has 33 heavy (non-hydrogen) atoms. The Balaban J connectivity index is 1.86. The number of esters is 1. The summed E-state index contributed by atoms with van der Waals surface area (Å²) in [6.45, 7) is 4.38. The molecule has 0 saturated carbocycles. The first kappa shape index (κ1) is 23.0. The van der Waals surface area contributed by atoms with Gasteiger partial charge in [-0.2, -0.15) is 5.10 Å². The molecule has 3 heterocycles. The molecule has 0 saturated heterocycles. The minimum absolute atomic E-state index is 0.144. The number of aryl methyl sites for hydroxylation is 1. The fourth-order valence-corrected chi connectivity index (χ4v) is 4.41. The van der Waals surface area contributed by atoms with Crippen molar-refractivity contribution in [2.24, 2.45) is 0 Å². The van der Waals surface area contributed by atoms with Gasteiger partial charge in [0, 0.05) is 29.4 Å². The number of nitrogens with zero attached hydrogens (tertiary/aromatic N) is 3. The van der Waals surface area contributed by atoms with E-state index in [1.807, 2.05) is 41.8 Å². The Hall–Kier alpha value is -3.18. The number of hydrogen-bond acceptors (Lipinski definition) is 4. The molecule has 0 radical (unpaired) electrons. The highest BCUT2D eigenvalue weighted by atomic mass is 35.5. The van der Waals surface area contributed by atoms with Crippen molar-refractivity contribution < 1.29 is 9.53 Å². The van der Waals surface area contributed by atoms with Crippen LogP contribution in [0.15, 0.2) is 60.8 Å². The molecule has 0 spiro atoms. The average molecular weight is 462 g/mol. The van der Waals surface area contributed by atoms with Crippen molar-refractivity contribution in [3.05, 3.63) is 77.2 Å². The van der Waals surface area contributed by atoms with Crippen molar-refractivity contribution in [3.8, 4) is 22.4 Å². The summed E-state index contributed by atoms with van der Waals surface area (Å²) in [7, 11) is 0. The van der Waals surface area contributed by atoms with Gasteiger partial charge in [-0.1, -0.05) is 48.9 Å². The van der Waals surface area contributed by atoms with Gasteiger partial charge in [0.15, 0.2) is 0 Å². The molecule has 0 fully saturated rings. The van der Waals surface area contributed by atoms with E-state index in [1.54, 1.807) is 6.20 Å². The Morgan fingerprint density at radius 1 is 1.03 bits per heavy atom. The Bertz CT molecular complexity index is 1250. The van der Waals surface area contributed by atoms with Crippen LogP contribution in [-0.4, -0.2) is 27.2 Å². The molecule has 0 unspecified atom stereocenters. The van der Waals surface area contributed by atoms with Crippen LogP contribution in [0.5, 0.6) is 0 Å². The summed E-state index contributed by atoms with van der Waals surface area (Å²) in [5.74, 6) is -0.144. The Kier molecular flexibility index (Phi) is 7.40. The summed E-state index contributed by atoms with van der Waals surface area (Å²) in [4.78, 5) is 16.0. The summed E-state index contributed by atoms with van der Waals surface area (Å²) in [6, 6.07) is 18.4. The van der Waals surface area contributed by atoms with Crippen molar-refractivity contribution in [1.82, 2.24) is 14.6 Å². The number of rotatable bonds is 9. The molecule has 0 atom stereocenters. The molecule has 3 aromatic heterocycles. The molecule has 0 aliphatic heterocycles. The molecule has 0 N–H and O–H groups in total. The van der Waals surface area contributed by atoms with Gasteiger partial charge in [-0.25, -0.2) is 9.50 Å². The number of halogens is 1. The van der Waals surface area contributed by atoms with Crippen molar-refractivity contribution >= 4 is 23.1 Å². The monoisotopic (exact) mass is 461 g/mol. The van der Waals surface area contributed by atoms with Crippen molar-refractivity contribution in [3.63, 3.8) is 0 Å². The first-order chi connectivity index (χ1) is 16.1. The van der Waals surface area contributed by atoms with E-state index >= 15 is 0 Å². The van der Waals surface area contributed by atoms with Crippen LogP contribution in [0.2, 0.25) is 5.15 Å². The second-order valence-electron chi connectivity index (χ2n) is 7.92. The van der Waals surface area contributed by atoms with Gasteiger partial charge in [0.25, 0.3) is 0 Å². The summed E-state index contributed by atoms with van der Waals surface area (Å²) in [5, 5.41) is 5.56. The van der Waals surface area contributed by atoms with Crippen LogP contribution < -0.4 is 0 Å². The molecule has 170 valence electrons. The normalized spacial score (nSPS) is 11.1. The Morgan fingerprint density at radius 2 is 1.85 bits per heavy atom. The number of hydrogen-bond donors (Lipinski definition) is 0. The topological polar surface area (TPSA) is 56.5 Å². The van der Waals surface area contributed by atoms with E-state index in [-0.39, 0.29) is 5.97 Å². The van der Waals surface area contributed by atoms with Crippen LogP contribution in [-0.2, 0) is 22.4 Å². The molecule has 0 bridgehead atoms. The molecule has 4 rings (SSSR count). The molecule has 1 aromatic carbocycles. The highest BCUT2D eigenvalue weighted by Crippen LogP contribution is 2.37. The van der Waals surface area contributed by atoms with Gasteiger partial charge >= 0.3 is 5.97 Å². The second kappa shape index (κ2) is 10.6. The van der Waals surface area contributed by atoms with Crippen LogP contribution in [0, 0.1) is 0 Å². The van der Waals surface area contributed by atoms with Gasteiger partial charge in [0.05, 0.1) is 17.8 Å². The zero-order valence-corrected chi connectivity index (χ0v) is 19.8. The summed E-state index contributed by atoms with van der Waals surface area (Å²) >= 11 is 6.29. The van der Waals surface area contributed by atoms with Crippen LogP contribution in [0.3, 0.4) is 0 Å². The third kappa shape index (κ3) is 5.09. The van der Waals surface area contributed by atoms with Crippen LogP contribution in [0.25, 0.3) is 27.9 Å². The molecule has 6 heteroatoms. The predicted molar refractivity (Wildman–Crippen MR) is 132 cm³/mol. The maximum Gasteiger partial charge on any atom is 0.305 e. The van der Waals surface area contributed by atoms with E-state index in [9.17, 15) is 4.79 Å². The fourth-order valence-electron chi connectivity index (χ4n) is 4.24. The van der Waals surface area contributed by atoms with Crippen LogP contribution in [0.4, 0.5) is 0 Å². The maximum atomic E-state index is 11.8. The Labute approximate surface area is 199 Å². The third-order valence-corrected chi connectivity index (χ3v) is 5.97. The molecule has 0 amide bonds. The maximum absolute atomic E-state index is 11.8. The molecule has 5 nitrogen and oxygen atoms in total. The first-order valence-electron chi connectivity index (χ1n) is 11.5. The van der Waals surface area contributed by atoms with Gasteiger partial charge in [-0.05, 0) is 68.0 Å². The lowest BCUT2D eigenvalue weighted by molar-refractivity contribution is -0.143. The number of pyridine rings is 1. The predicted octanol–water partition coefficient (Wildman–Crippen LogP) is 6.56. The van der Waals surface area contributed by atoms with Crippen molar-refractivity contribution in [1.29, 1.82) is 0 Å². The summed E-state index contributed by atoms with van der Waals surface area (Å²) in [5.41, 5.74) is 7.50. The van der Waals surface area contributed by atoms with Crippen molar-refractivity contribution in [2.75, 3.05) is 6.61 Å². The average Bonchev–Trinajstić information content (AvgIpc) is 3.24.